The molecular weight excluding hydrogens is 290 g/mol. The van der Waals surface area contributed by atoms with Crippen LogP contribution in [-0.2, 0) is 17.6 Å². The summed E-state index contributed by atoms with van der Waals surface area (Å²) < 4.78 is 7.23. The van der Waals surface area contributed by atoms with Crippen LogP contribution in [0.15, 0.2) is 10.9 Å². The summed E-state index contributed by atoms with van der Waals surface area (Å²) in [6.07, 6.45) is 9.96. The van der Waals surface area contributed by atoms with Crippen molar-refractivity contribution in [1.29, 1.82) is 0 Å². The second-order valence-corrected chi connectivity index (χ2v) is 7.34. The minimum atomic E-state index is 0.103. The molecule has 1 aliphatic heterocycles. The maximum Gasteiger partial charge on any atom is 0.267 e. The van der Waals surface area contributed by atoms with Gasteiger partial charge in [0.15, 0.2) is 0 Å². The number of nitrogens with zero attached hydrogens (tertiary/aromatic N) is 2. The summed E-state index contributed by atoms with van der Waals surface area (Å²) in [6, 6.07) is 3.24. The number of rotatable bonds is 3. The van der Waals surface area contributed by atoms with Crippen LogP contribution in [0.5, 0.6) is 0 Å². The molecule has 1 unspecified atom stereocenters. The Morgan fingerprint density at radius 1 is 1.09 bits per heavy atom. The van der Waals surface area contributed by atoms with Crippen LogP contribution in [0.3, 0.4) is 0 Å². The third-order valence-corrected chi connectivity index (χ3v) is 5.68. The second kappa shape index (κ2) is 6.73. The first kappa shape index (κ1) is 15.3. The highest BCUT2D eigenvalue weighted by atomic mass is 16.5. The van der Waals surface area contributed by atoms with E-state index in [9.17, 15) is 4.79 Å². The zero-order valence-electron chi connectivity index (χ0n) is 13.8. The molecule has 23 heavy (non-hydrogen) atoms. The van der Waals surface area contributed by atoms with Crippen molar-refractivity contribution in [1.82, 2.24) is 15.1 Å². The number of nitrogens with one attached hydrogen (secondary N) is 1. The predicted molar refractivity (Wildman–Crippen MR) is 88.8 cm³/mol. The normalized spacial score (nSPS) is 31.0. The van der Waals surface area contributed by atoms with E-state index in [-0.39, 0.29) is 11.6 Å². The molecule has 0 radical (unpaired) electrons. The van der Waals surface area contributed by atoms with Crippen molar-refractivity contribution in [2.75, 3.05) is 13.2 Å². The van der Waals surface area contributed by atoms with E-state index >= 15 is 0 Å². The molecule has 2 aliphatic carbocycles. The predicted octanol–water partition coefficient (Wildman–Crippen LogP) is 1.98. The van der Waals surface area contributed by atoms with Crippen LogP contribution >= 0.6 is 0 Å². The third-order valence-electron chi connectivity index (χ3n) is 5.68. The van der Waals surface area contributed by atoms with Gasteiger partial charge in [-0.1, -0.05) is 0 Å². The van der Waals surface area contributed by atoms with E-state index in [1.54, 1.807) is 4.68 Å². The van der Waals surface area contributed by atoms with Crippen molar-refractivity contribution in [3.8, 4) is 0 Å². The lowest BCUT2D eigenvalue weighted by Gasteiger charge is -2.31. The molecule has 0 bridgehead atoms. The Kier molecular flexibility index (Phi) is 4.49. The molecule has 1 aromatic rings. The summed E-state index contributed by atoms with van der Waals surface area (Å²) in [5, 5.41) is 8.45. The van der Waals surface area contributed by atoms with Crippen molar-refractivity contribution >= 4 is 0 Å². The number of aryl methyl sites for hydroxylation is 2. The van der Waals surface area contributed by atoms with E-state index in [1.807, 2.05) is 6.07 Å². The lowest BCUT2D eigenvalue weighted by Crippen LogP contribution is -2.42. The molecule has 1 aromatic heterocycles. The second-order valence-electron chi connectivity index (χ2n) is 7.34. The lowest BCUT2D eigenvalue weighted by atomic mass is 9.90. The Balaban J connectivity index is 1.41. The minimum absolute atomic E-state index is 0.103. The number of hydrogen-bond acceptors (Lipinski definition) is 4. The summed E-state index contributed by atoms with van der Waals surface area (Å²) in [7, 11) is 0. The van der Waals surface area contributed by atoms with Gasteiger partial charge in [-0.25, -0.2) is 4.68 Å². The van der Waals surface area contributed by atoms with Gasteiger partial charge in [-0.05, 0) is 63.4 Å². The van der Waals surface area contributed by atoms with Gasteiger partial charge in [0.1, 0.15) is 0 Å². The lowest BCUT2D eigenvalue weighted by molar-refractivity contribution is 0.183. The van der Waals surface area contributed by atoms with Gasteiger partial charge in [0.05, 0.1) is 18.3 Å². The summed E-state index contributed by atoms with van der Waals surface area (Å²) in [4.78, 5) is 12.4. The fourth-order valence-corrected chi connectivity index (χ4v) is 4.32. The van der Waals surface area contributed by atoms with E-state index in [0.29, 0.717) is 12.1 Å². The molecule has 1 saturated carbocycles. The number of hydrogen-bond donors (Lipinski definition) is 1. The molecule has 0 amide bonds. The molecule has 2 heterocycles. The van der Waals surface area contributed by atoms with Crippen LogP contribution in [0, 0.1) is 0 Å². The first-order valence-corrected chi connectivity index (χ1v) is 9.25. The number of ether oxygens (including phenoxy) is 1. The van der Waals surface area contributed by atoms with Crippen molar-refractivity contribution in [2.45, 2.75) is 75.9 Å². The highest BCUT2D eigenvalue weighted by molar-refractivity contribution is 5.20. The molecule has 126 valence electrons. The van der Waals surface area contributed by atoms with Gasteiger partial charge in [0.2, 0.25) is 0 Å². The van der Waals surface area contributed by atoms with Gasteiger partial charge >= 0.3 is 0 Å². The Morgan fingerprint density at radius 2 is 1.91 bits per heavy atom. The van der Waals surface area contributed by atoms with Gasteiger partial charge in [-0.3, -0.25) is 4.79 Å². The van der Waals surface area contributed by atoms with Crippen molar-refractivity contribution < 1.29 is 4.74 Å². The standard InChI is InChI=1S/C18H27N3O2/c22-18-11-13-3-1-2-4-17(13)20-21(18)16-7-5-14(6-8-16)19-15-9-10-23-12-15/h11,14-16,19H,1-10,12H2. The van der Waals surface area contributed by atoms with Gasteiger partial charge in [-0.2, -0.15) is 5.10 Å². The van der Waals surface area contributed by atoms with Crippen LogP contribution < -0.4 is 10.9 Å². The van der Waals surface area contributed by atoms with Gasteiger partial charge < -0.3 is 10.1 Å². The molecule has 1 N–H and O–H groups in total. The topological polar surface area (TPSA) is 56.2 Å². The molecule has 3 aliphatic rings. The molecule has 1 saturated heterocycles. The average molecular weight is 317 g/mol. The van der Waals surface area contributed by atoms with E-state index in [4.69, 9.17) is 9.84 Å². The van der Waals surface area contributed by atoms with Crippen molar-refractivity contribution in [2.24, 2.45) is 0 Å². The molecular formula is C18H27N3O2. The summed E-state index contributed by atoms with van der Waals surface area (Å²) >= 11 is 0. The molecule has 0 aromatic carbocycles. The fourth-order valence-electron chi connectivity index (χ4n) is 4.32. The van der Waals surface area contributed by atoms with Gasteiger partial charge in [0, 0.05) is 24.8 Å². The maximum atomic E-state index is 12.4. The molecule has 0 spiro atoms. The minimum Gasteiger partial charge on any atom is -0.380 e. The quantitative estimate of drug-likeness (QED) is 0.926. The number of aromatic nitrogens is 2. The van der Waals surface area contributed by atoms with E-state index in [0.717, 1.165) is 58.2 Å². The van der Waals surface area contributed by atoms with Crippen molar-refractivity contribution in [3.63, 3.8) is 0 Å². The van der Waals surface area contributed by atoms with Crippen LogP contribution in [0.2, 0.25) is 0 Å². The highest BCUT2D eigenvalue weighted by Crippen LogP contribution is 2.28. The van der Waals surface area contributed by atoms with Crippen LogP contribution in [0.1, 0.15) is 62.2 Å². The SMILES string of the molecule is O=c1cc2c(nn1C1CCC(NC3CCOC3)CC1)CCCC2. The Labute approximate surface area is 137 Å². The first-order chi connectivity index (χ1) is 11.3. The Morgan fingerprint density at radius 3 is 2.70 bits per heavy atom. The van der Waals surface area contributed by atoms with Crippen LogP contribution in [0.4, 0.5) is 0 Å². The maximum absolute atomic E-state index is 12.4. The molecule has 2 fully saturated rings. The molecule has 4 rings (SSSR count). The van der Waals surface area contributed by atoms with E-state index < -0.39 is 0 Å². The largest absolute Gasteiger partial charge is 0.380 e. The average Bonchev–Trinajstić information content (AvgIpc) is 3.08. The summed E-state index contributed by atoms with van der Waals surface area (Å²) in [6.45, 7) is 1.74. The molecule has 5 nitrogen and oxygen atoms in total. The monoisotopic (exact) mass is 317 g/mol. The smallest absolute Gasteiger partial charge is 0.267 e. The first-order valence-electron chi connectivity index (χ1n) is 9.25. The third kappa shape index (κ3) is 3.36. The van der Waals surface area contributed by atoms with Crippen LogP contribution in [-0.4, -0.2) is 35.1 Å². The van der Waals surface area contributed by atoms with Crippen molar-refractivity contribution in [3.05, 3.63) is 27.7 Å². The van der Waals surface area contributed by atoms with E-state index in [2.05, 4.69) is 5.32 Å². The van der Waals surface area contributed by atoms with Gasteiger partial charge in [0.25, 0.3) is 5.56 Å². The zero-order chi connectivity index (χ0) is 15.6. The zero-order valence-corrected chi connectivity index (χ0v) is 13.8. The summed E-state index contributed by atoms with van der Waals surface area (Å²) in [5.41, 5.74) is 2.46. The molecule has 1 atom stereocenters. The van der Waals surface area contributed by atoms with Crippen LogP contribution in [0.25, 0.3) is 0 Å². The summed E-state index contributed by atoms with van der Waals surface area (Å²) in [5.74, 6) is 0. The Bertz CT molecular complexity index is 599. The van der Waals surface area contributed by atoms with E-state index in [1.165, 1.54) is 24.1 Å². The fraction of sp³-hybridized carbons (Fsp3) is 0.778. The van der Waals surface area contributed by atoms with Gasteiger partial charge in [-0.15, -0.1) is 0 Å². The number of fused-ring (bicyclic) bond motifs is 1. The highest BCUT2D eigenvalue weighted by Gasteiger charge is 2.27. The Hall–Kier alpha value is -1.20. The molecule has 5 heteroatoms.